The first-order valence-corrected chi connectivity index (χ1v) is 10.2. The number of amides is 1. The number of ether oxygens (including phenoxy) is 2. The van der Waals surface area contributed by atoms with Gasteiger partial charge < -0.3 is 25.0 Å². The Labute approximate surface area is 157 Å². The van der Waals surface area contributed by atoms with Crippen LogP contribution in [-0.4, -0.2) is 75.4 Å². The Kier molecular flexibility index (Phi) is 9.77. The topological polar surface area (TPSA) is 75.2 Å². The standard InChI is InChI=1S/C19H36N4O3/c1-3-20-19(21-11-4-6-18(24)22-16-7-8-16)23-12-9-17(10-13-23)26-15-5-14-25-2/h16-17H,3-15H2,1-2H3,(H,20,21)(H,22,24). The number of aliphatic imine (C=N–C) groups is 1. The lowest BCUT2D eigenvalue weighted by Gasteiger charge is -2.34. The second kappa shape index (κ2) is 12.1. The number of likely N-dealkylation sites (tertiary alicyclic amines) is 1. The van der Waals surface area contributed by atoms with Gasteiger partial charge >= 0.3 is 0 Å². The average molecular weight is 369 g/mol. The first-order chi connectivity index (χ1) is 12.7. The van der Waals surface area contributed by atoms with Crippen molar-refractivity contribution in [2.24, 2.45) is 4.99 Å². The fraction of sp³-hybridized carbons (Fsp3) is 0.895. The van der Waals surface area contributed by atoms with Gasteiger partial charge in [-0.2, -0.15) is 0 Å². The molecule has 2 N–H and O–H groups in total. The van der Waals surface area contributed by atoms with Crippen LogP contribution in [0.4, 0.5) is 0 Å². The van der Waals surface area contributed by atoms with Crippen LogP contribution < -0.4 is 10.6 Å². The van der Waals surface area contributed by atoms with Gasteiger partial charge in [-0.05, 0) is 45.4 Å². The van der Waals surface area contributed by atoms with Crippen molar-refractivity contribution < 1.29 is 14.3 Å². The second-order valence-electron chi connectivity index (χ2n) is 7.08. The number of rotatable bonds is 11. The maximum Gasteiger partial charge on any atom is 0.220 e. The largest absolute Gasteiger partial charge is 0.385 e. The Morgan fingerprint density at radius 3 is 2.58 bits per heavy atom. The maximum atomic E-state index is 11.7. The molecule has 1 aliphatic heterocycles. The zero-order chi connectivity index (χ0) is 18.6. The zero-order valence-electron chi connectivity index (χ0n) is 16.5. The van der Waals surface area contributed by atoms with Crippen LogP contribution >= 0.6 is 0 Å². The first kappa shape index (κ1) is 21.0. The van der Waals surface area contributed by atoms with E-state index < -0.39 is 0 Å². The van der Waals surface area contributed by atoms with Crippen molar-refractivity contribution in [3.05, 3.63) is 0 Å². The van der Waals surface area contributed by atoms with Crippen molar-refractivity contribution in [3.8, 4) is 0 Å². The number of piperidine rings is 1. The number of carbonyl (C=O) groups excluding carboxylic acids is 1. The summed E-state index contributed by atoms with van der Waals surface area (Å²) in [6, 6.07) is 0.446. The molecule has 1 aliphatic carbocycles. The van der Waals surface area contributed by atoms with E-state index in [-0.39, 0.29) is 5.91 Å². The molecule has 0 atom stereocenters. The fourth-order valence-electron chi connectivity index (χ4n) is 3.07. The van der Waals surface area contributed by atoms with Crippen molar-refractivity contribution >= 4 is 11.9 Å². The van der Waals surface area contributed by atoms with Gasteiger partial charge in [0.15, 0.2) is 5.96 Å². The molecule has 0 aromatic rings. The van der Waals surface area contributed by atoms with Gasteiger partial charge in [0.2, 0.25) is 5.91 Å². The molecule has 0 radical (unpaired) electrons. The number of methoxy groups -OCH3 is 1. The number of hydrogen-bond donors (Lipinski definition) is 2. The Hall–Kier alpha value is -1.34. The van der Waals surface area contributed by atoms with E-state index in [2.05, 4.69) is 22.5 Å². The third-order valence-electron chi connectivity index (χ3n) is 4.69. The van der Waals surface area contributed by atoms with Crippen LogP contribution in [0.25, 0.3) is 0 Å². The highest BCUT2D eigenvalue weighted by atomic mass is 16.5. The van der Waals surface area contributed by atoms with Crippen molar-refractivity contribution in [3.63, 3.8) is 0 Å². The Morgan fingerprint density at radius 2 is 1.92 bits per heavy atom. The molecule has 7 nitrogen and oxygen atoms in total. The van der Waals surface area contributed by atoms with Gasteiger partial charge in [0, 0.05) is 59.0 Å². The third-order valence-corrected chi connectivity index (χ3v) is 4.69. The molecule has 0 aromatic carbocycles. The maximum absolute atomic E-state index is 11.7. The van der Waals surface area contributed by atoms with Crippen LogP contribution in [-0.2, 0) is 14.3 Å². The lowest BCUT2D eigenvalue weighted by atomic mass is 10.1. The molecule has 7 heteroatoms. The molecule has 1 saturated carbocycles. The van der Waals surface area contributed by atoms with Gasteiger partial charge in [0.25, 0.3) is 0 Å². The lowest BCUT2D eigenvalue weighted by molar-refractivity contribution is -0.121. The summed E-state index contributed by atoms with van der Waals surface area (Å²) in [5, 5.41) is 6.40. The van der Waals surface area contributed by atoms with Gasteiger partial charge in [-0.25, -0.2) is 0 Å². The van der Waals surface area contributed by atoms with Crippen molar-refractivity contribution in [1.82, 2.24) is 15.5 Å². The summed E-state index contributed by atoms with van der Waals surface area (Å²) < 4.78 is 11.0. The molecule has 1 saturated heterocycles. The van der Waals surface area contributed by atoms with Crippen molar-refractivity contribution in [2.75, 3.05) is 46.5 Å². The van der Waals surface area contributed by atoms with Crippen LogP contribution in [0, 0.1) is 0 Å². The minimum Gasteiger partial charge on any atom is -0.385 e. The molecular formula is C19H36N4O3. The lowest BCUT2D eigenvalue weighted by Crippen LogP contribution is -2.47. The molecule has 0 bridgehead atoms. The molecule has 26 heavy (non-hydrogen) atoms. The van der Waals surface area contributed by atoms with Crippen molar-refractivity contribution in [2.45, 2.75) is 64.0 Å². The Morgan fingerprint density at radius 1 is 1.15 bits per heavy atom. The zero-order valence-corrected chi connectivity index (χ0v) is 16.5. The monoisotopic (exact) mass is 368 g/mol. The predicted octanol–water partition coefficient (Wildman–Crippen LogP) is 1.53. The number of nitrogens with one attached hydrogen (secondary N) is 2. The minimum atomic E-state index is 0.166. The Bertz CT molecular complexity index is 433. The van der Waals surface area contributed by atoms with Crippen LogP contribution in [0.5, 0.6) is 0 Å². The van der Waals surface area contributed by atoms with Gasteiger partial charge in [-0.15, -0.1) is 0 Å². The van der Waals surface area contributed by atoms with E-state index in [0.717, 1.165) is 77.3 Å². The summed E-state index contributed by atoms with van der Waals surface area (Å²) in [5.41, 5.74) is 0. The molecule has 0 unspecified atom stereocenters. The molecule has 2 fully saturated rings. The van der Waals surface area contributed by atoms with Crippen LogP contribution in [0.2, 0.25) is 0 Å². The SMILES string of the molecule is CCNC(=NCCCC(=O)NC1CC1)N1CCC(OCCCOC)CC1. The molecule has 2 rings (SSSR count). The summed E-state index contributed by atoms with van der Waals surface area (Å²) in [7, 11) is 1.72. The van der Waals surface area contributed by atoms with E-state index in [1.807, 2.05) is 0 Å². The van der Waals surface area contributed by atoms with Crippen molar-refractivity contribution in [1.29, 1.82) is 0 Å². The second-order valence-corrected chi connectivity index (χ2v) is 7.08. The van der Waals surface area contributed by atoms with Crippen LogP contribution in [0.15, 0.2) is 4.99 Å². The number of guanidine groups is 1. The summed E-state index contributed by atoms with van der Waals surface area (Å²) >= 11 is 0. The summed E-state index contributed by atoms with van der Waals surface area (Å²) in [4.78, 5) is 18.7. The minimum absolute atomic E-state index is 0.166. The molecule has 0 spiro atoms. The van der Waals surface area contributed by atoms with E-state index >= 15 is 0 Å². The third kappa shape index (κ3) is 8.36. The van der Waals surface area contributed by atoms with E-state index in [0.29, 0.717) is 25.1 Å². The number of hydrogen-bond acceptors (Lipinski definition) is 4. The van der Waals surface area contributed by atoms with Crippen LogP contribution in [0.1, 0.15) is 51.9 Å². The van der Waals surface area contributed by atoms with E-state index in [1.165, 1.54) is 0 Å². The molecular weight excluding hydrogens is 332 g/mol. The van der Waals surface area contributed by atoms with Gasteiger partial charge in [0.1, 0.15) is 0 Å². The summed E-state index contributed by atoms with van der Waals surface area (Å²) in [5.74, 6) is 1.13. The van der Waals surface area contributed by atoms with Gasteiger partial charge in [-0.1, -0.05) is 0 Å². The molecule has 1 heterocycles. The van der Waals surface area contributed by atoms with E-state index in [1.54, 1.807) is 7.11 Å². The fourth-order valence-corrected chi connectivity index (χ4v) is 3.07. The van der Waals surface area contributed by atoms with Crippen LogP contribution in [0.3, 0.4) is 0 Å². The quantitative estimate of drug-likeness (QED) is 0.329. The van der Waals surface area contributed by atoms with E-state index in [9.17, 15) is 4.79 Å². The predicted molar refractivity (Wildman–Crippen MR) is 103 cm³/mol. The first-order valence-electron chi connectivity index (χ1n) is 10.2. The Balaban J connectivity index is 1.65. The highest BCUT2D eigenvalue weighted by Gasteiger charge is 2.23. The summed E-state index contributed by atoms with van der Waals surface area (Å²) in [6.07, 6.45) is 7.00. The van der Waals surface area contributed by atoms with E-state index in [4.69, 9.17) is 14.5 Å². The number of carbonyl (C=O) groups is 1. The molecule has 150 valence electrons. The van der Waals surface area contributed by atoms with Gasteiger partial charge in [-0.3, -0.25) is 9.79 Å². The summed E-state index contributed by atoms with van der Waals surface area (Å²) in [6.45, 7) is 7.09. The molecule has 1 amide bonds. The molecule has 2 aliphatic rings. The normalized spacial score (nSPS) is 18.8. The highest BCUT2D eigenvalue weighted by molar-refractivity contribution is 5.80. The highest BCUT2D eigenvalue weighted by Crippen LogP contribution is 2.18. The molecule has 0 aromatic heterocycles. The smallest absolute Gasteiger partial charge is 0.220 e. The number of nitrogens with zero attached hydrogens (tertiary/aromatic N) is 2. The average Bonchev–Trinajstić information content (AvgIpc) is 3.46. The van der Waals surface area contributed by atoms with Gasteiger partial charge in [0.05, 0.1) is 6.10 Å².